The Bertz CT molecular complexity index is 1310. The molecule has 0 saturated carbocycles. The van der Waals surface area contributed by atoms with Gasteiger partial charge in [-0.3, -0.25) is 4.79 Å². The maximum absolute atomic E-state index is 12.8. The van der Waals surface area contributed by atoms with Gasteiger partial charge < -0.3 is 5.32 Å². The van der Waals surface area contributed by atoms with Crippen molar-refractivity contribution in [3.05, 3.63) is 56.6 Å². The molecule has 3 heterocycles. The van der Waals surface area contributed by atoms with Crippen LogP contribution in [0.1, 0.15) is 34.4 Å². The Morgan fingerprint density at radius 2 is 1.93 bits per heavy atom. The van der Waals surface area contributed by atoms with Crippen LogP contribution in [0.5, 0.6) is 0 Å². The number of aromatic nitrogens is 4. The van der Waals surface area contributed by atoms with Crippen LogP contribution in [0.4, 0.5) is 5.69 Å². The molecule has 0 radical (unpaired) electrons. The lowest BCUT2D eigenvalue weighted by atomic mass is 9.97. The smallest absolute Gasteiger partial charge is 0.324 e. The number of nitrogens with one attached hydrogen (secondary N) is 1. The Morgan fingerprint density at radius 1 is 1.17 bits per heavy atom. The quantitative estimate of drug-likeness (QED) is 0.565. The first-order valence-corrected chi connectivity index (χ1v) is 10.6. The minimum atomic E-state index is -0.347. The van der Waals surface area contributed by atoms with Crippen molar-refractivity contribution < 1.29 is 4.79 Å². The van der Waals surface area contributed by atoms with Gasteiger partial charge in [0.25, 0.3) is 0 Å². The second kappa shape index (κ2) is 6.81. The zero-order valence-corrected chi connectivity index (χ0v) is 17.2. The summed E-state index contributed by atoms with van der Waals surface area (Å²) in [6.45, 7) is 3.82. The summed E-state index contributed by atoms with van der Waals surface area (Å²) in [5.74, 6) is -0.281. The number of thiophene rings is 1. The summed E-state index contributed by atoms with van der Waals surface area (Å²) in [7, 11) is 0. The predicted octanol–water partition coefficient (Wildman–Crippen LogP) is 3.24. The number of rotatable bonds is 3. The van der Waals surface area contributed by atoms with Crippen molar-refractivity contribution in [1.82, 2.24) is 19.2 Å². The van der Waals surface area contributed by atoms with Gasteiger partial charge in [0.1, 0.15) is 17.7 Å². The first-order valence-electron chi connectivity index (χ1n) is 9.76. The van der Waals surface area contributed by atoms with E-state index in [1.54, 1.807) is 11.3 Å². The average Bonchev–Trinajstić information content (AvgIpc) is 3.19. The third-order valence-electron chi connectivity index (χ3n) is 5.34. The summed E-state index contributed by atoms with van der Waals surface area (Å²) in [6, 6.07) is 5.85. The lowest BCUT2D eigenvalue weighted by Crippen LogP contribution is -2.28. The van der Waals surface area contributed by atoms with Crippen LogP contribution in [0.25, 0.3) is 15.9 Å². The Morgan fingerprint density at radius 3 is 2.72 bits per heavy atom. The van der Waals surface area contributed by atoms with E-state index in [9.17, 15) is 9.59 Å². The molecule has 1 N–H and O–H groups in total. The van der Waals surface area contributed by atoms with Crippen molar-refractivity contribution in [3.8, 4) is 0 Å². The third kappa shape index (κ3) is 3.13. The highest BCUT2D eigenvalue weighted by Crippen LogP contribution is 2.36. The number of fused-ring (bicyclic) bond motifs is 5. The van der Waals surface area contributed by atoms with Crippen LogP contribution in [0, 0.1) is 13.8 Å². The van der Waals surface area contributed by atoms with Crippen LogP contribution < -0.4 is 11.0 Å². The largest absolute Gasteiger partial charge is 0.352 e. The fourth-order valence-electron chi connectivity index (χ4n) is 4.16. The topological polar surface area (TPSA) is 81.3 Å². The Balaban J connectivity index is 1.51. The molecule has 3 aromatic heterocycles. The molecule has 8 heteroatoms. The van der Waals surface area contributed by atoms with Crippen molar-refractivity contribution in [1.29, 1.82) is 0 Å². The van der Waals surface area contributed by atoms with E-state index in [2.05, 4.69) is 15.4 Å². The summed E-state index contributed by atoms with van der Waals surface area (Å²) >= 11 is 1.69. The third-order valence-corrected chi connectivity index (χ3v) is 6.54. The first kappa shape index (κ1) is 18.1. The van der Waals surface area contributed by atoms with Gasteiger partial charge in [-0.05, 0) is 68.4 Å². The highest BCUT2D eigenvalue weighted by Gasteiger charge is 2.22. The number of anilines is 1. The number of hydrogen-bond acceptors (Lipinski definition) is 5. The number of nitrogens with zero attached hydrogens (tertiary/aromatic N) is 4. The summed E-state index contributed by atoms with van der Waals surface area (Å²) in [4.78, 5) is 32.1. The normalized spacial score (nSPS) is 13.7. The standard InChI is InChI=1S/C21H21N5O2S/c1-12-7-13(2)9-14(8-12)23-17(27)10-26-21(28)25-11-22-20-18(19(25)24-26)15-5-3-4-6-16(15)29-20/h7-9,11H,3-6,10H2,1-2H3,(H,23,27). The molecule has 7 nitrogen and oxygen atoms in total. The average molecular weight is 407 g/mol. The lowest BCUT2D eigenvalue weighted by Gasteiger charge is -2.09. The summed E-state index contributed by atoms with van der Waals surface area (Å²) < 4.78 is 2.68. The van der Waals surface area contributed by atoms with Gasteiger partial charge in [0.15, 0.2) is 5.65 Å². The molecule has 1 aliphatic rings. The number of amides is 1. The molecular formula is C21H21N5O2S. The second-order valence-corrected chi connectivity index (χ2v) is 8.78. The van der Waals surface area contributed by atoms with Gasteiger partial charge >= 0.3 is 5.69 Å². The minimum Gasteiger partial charge on any atom is -0.324 e. The molecule has 0 unspecified atom stereocenters. The van der Waals surface area contributed by atoms with Crippen LogP contribution in [0.15, 0.2) is 29.3 Å². The second-order valence-electron chi connectivity index (χ2n) is 7.69. The van der Waals surface area contributed by atoms with Gasteiger partial charge in [-0.2, -0.15) is 0 Å². The van der Waals surface area contributed by atoms with Gasteiger partial charge in [0, 0.05) is 10.6 Å². The highest BCUT2D eigenvalue weighted by molar-refractivity contribution is 7.19. The molecule has 0 bridgehead atoms. The van der Waals surface area contributed by atoms with Crippen LogP contribution in [-0.2, 0) is 24.2 Å². The summed E-state index contributed by atoms with van der Waals surface area (Å²) in [5, 5.41) is 8.34. The Hall–Kier alpha value is -3.00. The number of hydrogen-bond donors (Lipinski definition) is 1. The molecule has 5 rings (SSSR count). The SMILES string of the molecule is Cc1cc(C)cc(NC(=O)Cn2nc3c4c5c(sc4ncn3c2=O)CCCC5)c1. The van der Waals surface area contributed by atoms with Crippen LogP contribution in [-0.4, -0.2) is 25.1 Å². The highest BCUT2D eigenvalue weighted by atomic mass is 32.1. The molecule has 148 valence electrons. The van der Waals surface area contributed by atoms with Crippen LogP contribution >= 0.6 is 11.3 Å². The van der Waals surface area contributed by atoms with Gasteiger partial charge in [0.05, 0.1) is 5.39 Å². The van der Waals surface area contributed by atoms with E-state index < -0.39 is 0 Å². The van der Waals surface area contributed by atoms with Gasteiger partial charge in [0.2, 0.25) is 5.91 Å². The molecule has 29 heavy (non-hydrogen) atoms. The fraction of sp³-hybridized carbons (Fsp3) is 0.333. The number of carbonyl (C=O) groups excluding carboxylic acids is 1. The number of aryl methyl sites for hydroxylation is 4. The minimum absolute atomic E-state index is 0.138. The van der Waals surface area contributed by atoms with Crippen molar-refractivity contribution in [2.24, 2.45) is 0 Å². The Labute approximate surface area is 171 Å². The molecule has 0 spiro atoms. The zero-order chi connectivity index (χ0) is 20.1. The summed E-state index contributed by atoms with van der Waals surface area (Å²) in [5.41, 5.74) is 4.38. The molecule has 1 aliphatic carbocycles. The van der Waals surface area contributed by atoms with Gasteiger partial charge in [-0.1, -0.05) is 6.07 Å². The Kier molecular flexibility index (Phi) is 4.24. The van der Waals surface area contributed by atoms with Crippen molar-refractivity contribution in [3.63, 3.8) is 0 Å². The molecule has 4 aromatic rings. The van der Waals surface area contributed by atoms with E-state index >= 15 is 0 Å². The van der Waals surface area contributed by atoms with E-state index in [0.29, 0.717) is 5.65 Å². The molecular weight excluding hydrogens is 386 g/mol. The van der Waals surface area contributed by atoms with Gasteiger partial charge in [-0.15, -0.1) is 16.4 Å². The lowest BCUT2D eigenvalue weighted by molar-refractivity contribution is -0.117. The molecule has 0 saturated heterocycles. The maximum Gasteiger partial charge on any atom is 0.352 e. The molecule has 1 amide bonds. The summed E-state index contributed by atoms with van der Waals surface area (Å²) in [6.07, 6.45) is 5.91. The van der Waals surface area contributed by atoms with Gasteiger partial charge in [-0.25, -0.2) is 18.9 Å². The van der Waals surface area contributed by atoms with Crippen LogP contribution in [0.3, 0.4) is 0 Å². The number of benzene rings is 1. The van der Waals surface area contributed by atoms with Crippen LogP contribution in [0.2, 0.25) is 0 Å². The van der Waals surface area contributed by atoms with E-state index in [1.165, 1.54) is 32.3 Å². The number of carbonyl (C=O) groups is 1. The van der Waals surface area contributed by atoms with E-state index in [0.717, 1.165) is 46.3 Å². The van der Waals surface area contributed by atoms with Crippen molar-refractivity contribution in [2.45, 2.75) is 46.1 Å². The van der Waals surface area contributed by atoms with E-state index in [-0.39, 0.29) is 18.1 Å². The van der Waals surface area contributed by atoms with Crippen molar-refractivity contribution in [2.75, 3.05) is 5.32 Å². The molecule has 0 atom stereocenters. The predicted molar refractivity (Wildman–Crippen MR) is 114 cm³/mol. The maximum atomic E-state index is 12.8. The van der Waals surface area contributed by atoms with E-state index in [4.69, 9.17) is 0 Å². The van der Waals surface area contributed by atoms with E-state index in [1.807, 2.05) is 32.0 Å². The monoisotopic (exact) mass is 407 g/mol. The molecule has 1 aromatic carbocycles. The molecule has 0 fully saturated rings. The zero-order valence-electron chi connectivity index (χ0n) is 16.4. The molecule has 0 aliphatic heterocycles. The van der Waals surface area contributed by atoms with Crippen molar-refractivity contribution >= 4 is 38.8 Å². The first-order chi connectivity index (χ1) is 14.0. The fourth-order valence-corrected chi connectivity index (χ4v) is 5.39.